The average molecular weight is 483 g/mol. The maximum atomic E-state index is 2.71. The van der Waals surface area contributed by atoms with Crippen molar-refractivity contribution in [1.29, 1.82) is 0 Å². The molecule has 0 heteroatoms. The lowest BCUT2D eigenvalue weighted by Crippen LogP contribution is -2.30. The molecule has 194 valence electrons. The highest BCUT2D eigenvalue weighted by molar-refractivity contribution is 5.55. The lowest BCUT2D eigenvalue weighted by atomic mass is 9.60. The summed E-state index contributed by atoms with van der Waals surface area (Å²) in [6.45, 7) is 0. The molecule has 0 saturated heterocycles. The normalized spacial score (nSPS) is 27.3. The molecule has 0 spiro atoms. The van der Waals surface area contributed by atoms with Gasteiger partial charge in [-0.25, -0.2) is 0 Å². The Morgan fingerprint density at radius 3 is 2.08 bits per heavy atom. The van der Waals surface area contributed by atoms with E-state index in [9.17, 15) is 0 Å². The van der Waals surface area contributed by atoms with Gasteiger partial charge >= 0.3 is 0 Å². The predicted molar refractivity (Wildman–Crippen MR) is 159 cm³/mol. The van der Waals surface area contributed by atoms with Gasteiger partial charge in [0.15, 0.2) is 0 Å². The molecule has 0 amide bonds. The van der Waals surface area contributed by atoms with Crippen LogP contribution in [0.2, 0.25) is 0 Å². The van der Waals surface area contributed by atoms with Crippen LogP contribution in [0.4, 0.5) is 0 Å². The van der Waals surface area contributed by atoms with Gasteiger partial charge in [0, 0.05) is 5.41 Å². The Kier molecular flexibility index (Phi) is 11.4. The molecule has 0 aromatic heterocycles. The molecular weight excluding hydrogens is 432 g/mol. The van der Waals surface area contributed by atoms with Crippen molar-refractivity contribution in [3.63, 3.8) is 0 Å². The summed E-state index contributed by atoms with van der Waals surface area (Å²) < 4.78 is 0. The van der Waals surface area contributed by atoms with Crippen LogP contribution in [0, 0.1) is 5.41 Å². The van der Waals surface area contributed by atoms with Crippen LogP contribution in [-0.2, 0) is 0 Å². The fourth-order valence-corrected chi connectivity index (χ4v) is 6.79. The topological polar surface area (TPSA) is 0 Å². The zero-order chi connectivity index (χ0) is 24.7. The standard InChI is InChI=1S/C36H50/c1-2-9-17-25-32(24-16-8-1)35-30-22-14-5-6-15-23-31-36(35,34-28-20-12-7-13-21-29-34)33-26-18-10-3-4-11-19-27-33/h7-8,12-13,16,20-21,24,26,28-30H,1-6,9-11,14-15,17-19,22-23,25,27,31H2. The predicted octanol–water partition coefficient (Wildman–Crippen LogP) is 11.4. The summed E-state index contributed by atoms with van der Waals surface area (Å²) >= 11 is 0. The van der Waals surface area contributed by atoms with E-state index in [1.807, 2.05) is 0 Å². The fraction of sp³-hybridized carbons (Fsp3) is 0.556. The highest BCUT2D eigenvalue weighted by Crippen LogP contribution is 2.53. The Hall–Kier alpha value is -2.08. The molecule has 0 saturated carbocycles. The molecule has 0 bridgehead atoms. The zero-order valence-corrected chi connectivity index (χ0v) is 22.9. The molecule has 0 heterocycles. The number of rotatable bonds is 3. The molecule has 0 aliphatic heterocycles. The van der Waals surface area contributed by atoms with Crippen molar-refractivity contribution in [3.05, 3.63) is 95.2 Å². The van der Waals surface area contributed by atoms with E-state index in [0.29, 0.717) is 0 Å². The molecule has 0 nitrogen and oxygen atoms in total. The van der Waals surface area contributed by atoms with Crippen molar-refractivity contribution in [2.45, 2.75) is 122 Å². The van der Waals surface area contributed by atoms with E-state index >= 15 is 0 Å². The van der Waals surface area contributed by atoms with Gasteiger partial charge in [0.05, 0.1) is 0 Å². The van der Waals surface area contributed by atoms with Gasteiger partial charge in [0.2, 0.25) is 0 Å². The molecule has 1 unspecified atom stereocenters. The van der Waals surface area contributed by atoms with Crippen molar-refractivity contribution >= 4 is 0 Å². The van der Waals surface area contributed by atoms with Gasteiger partial charge in [0.25, 0.3) is 0 Å². The van der Waals surface area contributed by atoms with Crippen molar-refractivity contribution in [3.8, 4) is 0 Å². The Labute approximate surface area is 222 Å². The largest absolute Gasteiger partial charge is 0.0845 e. The molecule has 4 rings (SSSR count). The molecule has 4 aliphatic carbocycles. The average Bonchev–Trinajstić information content (AvgIpc) is 3.10. The second kappa shape index (κ2) is 15.2. The van der Waals surface area contributed by atoms with Gasteiger partial charge in [-0.15, -0.1) is 0 Å². The Morgan fingerprint density at radius 2 is 1.17 bits per heavy atom. The van der Waals surface area contributed by atoms with Gasteiger partial charge in [-0.3, -0.25) is 0 Å². The maximum absolute atomic E-state index is 2.71. The molecule has 0 aromatic carbocycles. The summed E-state index contributed by atoms with van der Waals surface area (Å²) in [5.41, 5.74) is 6.53. The smallest absolute Gasteiger partial charge is 0.0410 e. The van der Waals surface area contributed by atoms with Crippen molar-refractivity contribution in [2.24, 2.45) is 5.41 Å². The van der Waals surface area contributed by atoms with Crippen LogP contribution in [0.3, 0.4) is 0 Å². The van der Waals surface area contributed by atoms with Crippen LogP contribution < -0.4 is 0 Å². The van der Waals surface area contributed by atoms with Crippen LogP contribution in [-0.4, -0.2) is 0 Å². The monoisotopic (exact) mass is 482 g/mol. The van der Waals surface area contributed by atoms with E-state index in [-0.39, 0.29) is 5.41 Å². The molecule has 0 fully saturated rings. The third-order valence-corrected chi connectivity index (χ3v) is 8.74. The molecule has 0 radical (unpaired) electrons. The SMILES string of the molecule is C1=CC=CC(C2(C3=CCCCCCCC3)CCCCCCCC=C2C2=CC=CCCCCC2)=CC=C1. The minimum Gasteiger partial charge on any atom is -0.0845 e. The van der Waals surface area contributed by atoms with Gasteiger partial charge in [-0.1, -0.05) is 130 Å². The van der Waals surface area contributed by atoms with E-state index in [0.717, 1.165) is 0 Å². The summed E-state index contributed by atoms with van der Waals surface area (Å²) in [4.78, 5) is 0. The third kappa shape index (κ3) is 7.47. The van der Waals surface area contributed by atoms with E-state index in [4.69, 9.17) is 0 Å². The Morgan fingerprint density at radius 1 is 0.500 bits per heavy atom. The number of allylic oxidation sites excluding steroid dienone is 16. The molecule has 1 atom stereocenters. The van der Waals surface area contributed by atoms with Crippen molar-refractivity contribution in [1.82, 2.24) is 0 Å². The van der Waals surface area contributed by atoms with E-state index in [1.54, 1.807) is 16.7 Å². The van der Waals surface area contributed by atoms with Gasteiger partial charge in [-0.2, -0.15) is 0 Å². The van der Waals surface area contributed by atoms with Crippen LogP contribution in [0.1, 0.15) is 122 Å². The molecule has 4 aliphatic rings. The molecule has 0 N–H and O–H groups in total. The first-order chi connectivity index (χ1) is 17.9. The Bertz CT molecular complexity index is 925. The second-order valence-electron chi connectivity index (χ2n) is 11.3. The molecular formula is C36H50. The van der Waals surface area contributed by atoms with Crippen LogP contribution >= 0.6 is 0 Å². The minimum absolute atomic E-state index is 0.00142. The lowest BCUT2D eigenvalue weighted by Gasteiger charge is -2.43. The van der Waals surface area contributed by atoms with E-state index in [1.165, 1.54) is 128 Å². The van der Waals surface area contributed by atoms with Gasteiger partial charge < -0.3 is 0 Å². The first-order valence-corrected chi connectivity index (χ1v) is 15.4. The maximum Gasteiger partial charge on any atom is 0.0410 e. The quantitative estimate of drug-likeness (QED) is 0.351. The summed E-state index contributed by atoms with van der Waals surface area (Å²) in [6, 6.07) is 0. The van der Waals surface area contributed by atoms with Crippen LogP contribution in [0.15, 0.2) is 95.2 Å². The van der Waals surface area contributed by atoms with Gasteiger partial charge in [-0.05, 0) is 87.3 Å². The van der Waals surface area contributed by atoms with E-state index in [2.05, 4.69) is 72.9 Å². The zero-order valence-electron chi connectivity index (χ0n) is 22.9. The molecule has 36 heavy (non-hydrogen) atoms. The first-order valence-electron chi connectivity index (χ1n) is 15.4. The van der Waals surface area contributed by atoms with Gasteiger partial charge in [0.1, 0.15) is 0 Å². The summed E-state index contributed by atoms with van der Waals surface area (Å²) in [6.07, 6.45) is 53.9. The van der Waals surface area contributed by atoms with Crippen LogP contribution in [0.5, 0.6) is 0 Å². The van der Waals surface area contributed by atoms with Crippen molar-refractivity contribution in [2.75, 3.05) is 0 Å². The summed E-state index contributed by atoms with van der Waals surface area (Å²) in [5.74, 6) is 0. The number of hydrogen-bond donors (Lipinski definition) is 0. The highest BCUT2D eigenvalue weighted by atomic mass is 14.4. The van der Waals surface area contributed by atoms with Crippen molar-refractivity contribution < 1.29 is 0 Å². The minimum atomic E-state index is 0.00142. The lowest BCUT2D eigenvalue weighted by molar-refractivity contribution is 0.418. The summed E-state index contributed by atoms with van der Waals surface area (Å²) in [5, 5.41) is 0. The number of hydrogen-bond acceptors (Lipinski definition) is 0. The third-order valence-electron chi connectivity index (χ3n) is 8.74. The second-order valence-corrected chi connectivity index (χ2v) is 11.3. The Balaban J connectivity index is 1.92. The summed E-state index contributed by atoms with van der Waals surface area (Å²) in [7, 11) is 0. The highest BCUT2D eigenvalue weighted by Gasteiger charge is 2.41. The molecule has 0 aromatic rings. The van der Waals surface area contributed by atoms with Crippen LogP contribution in [0.25, 0.3) is 0 Å². The van der Waals surface area contributed by atoms with E-state index < -0.39 is 0 Å². The first kappa shape index (κ1) is 27.0. The fourth-order valence-electron chi connectivity index (χ4n) is 6.79.